The summed E-state index contributed by atoms with van der Waals surface area (Å²) in [4.78, 5) is 0. The smallest absolute Gasteiger partial charge is 0.394 e. The predicted molar refractivity (Wildman–Crippen MR) is 55.5 cm³/mol. The quantitative estimate of drug-likeness (QED) is 0.836. The van der Waals surface area contributed by atoms with E-state index in [4.69, 9.17) is 10.8 Å². The lowest BCUT2D eigenvalue weighted by Crippen LogP contribution is -2.20. The monoisotopic (exact) mass is 231 g/mol. The fourth-order valence-corrected chi connectivity index (χ4v) is 1.11. The summed E-state index contributed by atoms with van der Waals surface area (Å²) in [5.41, 5.74) is 5.09. The van der Waals surface area contributed by atoms with E-state index in [0.717, 1.165) is 12.1 Å². The SMILES string of the molecule is NC(/C=C/c1cccc(C(F)(F)F)c1)CO. The minimum Gasteiger partial charge on any atom is -0.394 e. The van der Waals surface area contributed by atoms with Crippen LogP contribution in [0.5, 0.6) is 0 Å². The number of hydrogen-bond donors (Lipinski definition) is 2. The first kappa shape index (κ1) is 12.7. The summed E-state index contributed by atoms with van der Waals surface area (Å²) >= 11 is 0. The van der Waals surface area contributed by atoms with Crippen LogP contribution >= 0.6 is 0 Å². The number of hydrogen-bond acceptors (Lipinski definition) is 2. The lowest BCUT2D eigenvalue weighted by molar-refractivity contribution is -0.137. The summed E-state index contributed by atoms with van der Waals surface area (Å²) in [6.45, 7) is -0.241. The average Bonchev–Trinajstić information content (AvgIpc) is 2.25. The average molecular weight is 231 g/mol. The molecule has 1 aromatic carbocycles. The zero-order chi connectivity index (χ0) is 12.2. The molecule has 0 aliphatic carbocycles. The fraction of sp³-hybridized carbons (Fsp3) is 0.273. The molecule has 3 N–H and O–H groups in total. The van der Waals surface area contributed by atoms with Gasteiger partial charge in [0.15, 0.2) is 0 Å². The Morgan fingerprint density at radius 3 is 2.62 bits per heavy atom. The molecule has 0 aliphatic rings. The second kappa shape index (κ2) is 5.14. The van der Waals surface area contributed by atoms with E-state index in [2.05, 4.69) is 0 Å². The van der Waals surface area contributed by atoms with Crippen molar-refractivity contribution < 1.29 is 18.3 Å². The fourth-order valence-electron chi connectivity index (χ4n) is 1.11. The lowest BCUT2D eigenvalue weighted by atomic mass is 10.1. The predicted octanol–water partition coefficient (Wildman–Crippen LogP) is 2.04. The Balaban J connectivity index is 2.87. The maximum Gasteiger partial charge on any atom is 0.416 e. The van der Waals surface area contributed by atoms with E-state index in [-0.39, 0.29) is 6.61 Å². The Morgan fingerprint density at radius 2 is 2.06 bits per heavy atom. The Hall–Kier alpha value is -1.33. The number of benzene rings is 1. The van der Waals surface area contributed by atoms with Crippen molar-refractivity contribution in [3.63, 3.8) is 0 Å². The Morgan fingerprint density at radius 1 is 1.38 bits per heavy atom. The third-order valence-corrected chi connectivity index (χ3v) is 1.96. The summed E-state index contributed by atoms with van der Waals surface area (Å²) in [5.74, 6) is 0. The van der Waals surface area contributed by atoms with Gasteiger partial charge >= 0.3 is 6.18 Å². The van der Waals surface area contributed by atoms with Crippen LogP contribution in [0, 0.1) is 0 Å². The third-order valence-electron chi connectivity index (χ3n) is 1.96. The molecule has 0 saturated carbocycles. The number of alkyl halides is 3. The van der Waals surface area contributed by atoms with Crippen LogP contribution in [-0.2, 0) is 6.18 Å². The minimum absolute atomic E-state index is 0.241. The molecule has 0 bridgehead atoms. The van der Waals surface area contributed by atoms with Crippen molar-refractivity contribution in [3.8, 4) is 0 Å². The zero-order valence-corrected chi connectivity index (χ0v) is 8.41. The molecule has 1 unspecified atom stereocenters. The molecule has 88 valence electrons. The topological polar surface area (TPSA) is 46.2 Å². The summed E-state index contributed by atoms with van der Waals surface area (Å²) in [6.07, 6.45) is -1.44. The Kier molecular flexibility index (Phi) is 4.09. The first-order valence-corrected chi connectivity index (χ1v) is 4.65. The Bertz CT molecular complexity index is 374. The molecule has 0 amide bonds. The summed E-state index contributed by atoms with van der Waals surface area (Å²) in [5, 5.41) is 8.64. The van der Waals surface area contributed by atoms with E-state index in [9.17, 15) is 13.2 Å². The molecule has 0 heterocycles. The van der Waals surface area contributed by atoms with E-state index < -0.39 is 17.8 Å². The number of aliphatic hydroxyl groups is 1. The second-order valence-electron chi connectivity index (χ2n) is 3.33. The first-order chi connectivity index (χ1) is 7.43. The largest absolute Gasteiger partial charge is 0.416 e. The van der Waals surface area contributed by atoms with Crippen molar-refractivity contribution >= 4 is 6.08 Å². The van der Waals surface area contributed by atoms with Gasteiger partial charge < -0.3 is 10.8 Å². The molecular formula is C11H12F3NO. The number of nitrogens with two attached hydrogens (primary N) is 1. The van der Waals surface area contributed by atoms with Gasteiger partial charge in [-0.15, -0.1) is 0 Å². The van der Waals surface area contributed by atoms with Gasteiger partial charge in [0.1, 0.15) is 0 Å². The molecule has 1 atom stereocenters. The number of rotatable bonds is 3. The second-order valence-corrected chi connectivity index (χ2v) is 3.33. The molecular weight excluding hydrogens is 219 g/mol. The zero-order valence-electron chi connectivity index (χ0n) is 8.41. The summed E-state index contributed by atoms with van der Waals surface area (Å²) in [6, 6.07) is 4.33. The minimum atomic E-state index is -4.34. The molecule has 0 saturated heterocycles. The summed E-state index contributed by atoms with van der Waals surface area (Å²) < 4.78 is 37.0. The molecule has 5 heteroatoms. The molecule has 0 fully saturated rings. The normalized spacial score (nSPS) is 14.3. The van der Waals surface area contributed by atoms with Crippen LogP contribution in [0.15, 0.2) is 30.3 Å². The van der Waals surface area contributed by atoms with Crippen molar-refractivity contribution in [2.45, 2.75) is 12.2 Å². The van der Waals surface area contributed by atoms with E-state index in [1.54, 1.807) is 0 Å². The number of halogens is 3. The van der Waals surface area contributed by atoms with Crippen LogP contribution < -0.4 is 5.73 Å². The Labute approximate surface area is 91.2 Å². The van der Waals surface area contributed by atoms with Crippen LogP contribution in [0.4, 0.5) is 13.2 Å². The van der Waals surface area contributed by atoms with Gasteiger partial charge in [-0.2, -0.15) is 13.2 Å². The van der Waals surface area contributed by atoms with Gasteiger partial charge in [0, 0.05) is 6.04 Å². The third kappa shape index (κ3) is 3.67. The van der Waals surface area contributed by atoms with Crippen molar-refractivity contribution in [1.82, 2.24) is 0 Å². The maximum absolute atomic E-state index is 12.3. The maximum atomic E-state index is 12.3. The highest BCUT2D eigenvalue weighted by atomic mass is 19.4. The van der Waals surface area contributed by atoms with E-state index in [1.807, 2.05) is 0 Å². The highest BCUT2D eigenvalue weighted by molar-refractivity contribution is 5.51. The van der Waals surface area contributed by atoms with Gasteiger partial charge in [0.2, 0.25) is 0 Å². The molecule has 16 heavy (non-hydrogen) atoms. The molecule has 0 aromatic heterocycles. The standard InChI is InChI=1S/C11H12F3NO/c12-11(13,14)9-3-1-2-8(6-9)4-5-10(15)7-16/h1-6,10,16H,7,15H2/b5-4+. The lowest BCUT2D eigenvalue weighted by Gasteiger charge is -2.07. The molecule has 0 aliphatic heterocycles. The van der Waals surface area contributed by atoms with Crippen LogP contribution in [0.2, 0.25) is 0 Å². The van der Waals surface area contributed by atoms with Gasteiger partial charge in [0.25, 0.3) is 0 Å². The van der Waals surface area contributed by atoms with E-state index in [1.165, 1.54) is 24.3 Å². The van der Waals surface area contributed by atoms with Crippen molar-refractivity contribution in [1.29, 1.82) is 0 Å². The van der Waals surface area contributed by atoms with Crippen molar-refractivity contribution in [2.75, 3.05) is 6.61 Å². The van der Waals surface area contributed by atoms with Crippen LogP contribution in [-0.4, -0.2) is 17.8 Å². The molecule has 1 rings (SSSR count). The molecule has 0 radical (unpaired) electrons. The van der Waals surface area contributed by atoms with Gasteiger partial charge in [0.05, 0.1) is 12.2 Å². The van der Waals surface area contributed by atoms with Crippen molar-refractivity contribution in [2.24, 2.45) is 5.73 Å². The van der Waals surface area contributed by atoms with Crippen LogP contribution in [0.3, 0.4) is 0 Å². The van der Waals surface area contributed by atoms with Gasteiger partial charge in [-0.25, -0.2) is 0 Å². The molecule has 2 nitrogen and oxygen atoms in total. The van der Waals surface area contributed by atoms with E-state index in [0.29, 0.717) is 5.56 Å². The van der Waals surface area contributed by atoms with Crippen LogP contribution in [0.25, 0.3) is 6.08 Å². The number of aliphatic hydroxyl groups excluding tert-OH is 1. The van der Waals surface area contributed by atoms with Crippen molar-refractivity contribution in [3.05, 3.63) is 41.5 Å². The highest BCUT2D eigenvalue weighted by Gasteiger charge is 2.30. The summed E-state index contributed by atoms with van der Waals surface area (Å²) in [7, 11) is 0. The van der Waals surface area contributed by atoms with Gasteiger partial charge in [-0.05, 0) is 17.7 Å². The van der Waals surface area contributed by atoms with E-state index >= 15 is 0 Å². The van der Waals surface area contributed by atoms with Gasteiger partial charge in [-0.3, -0.25) is 0 Å². The van der Waals surface area contributed by atoms with Gasteiger partial charge in [-0.1, -0.05) is 24.3 Å². The molecule has 1 aromatic rings. The molecule has 0 spiro atoms. The van der Waals surface area contributed by atoms with Crippen LogP contribution in [0.1, 0.15) is 11.1 Å². The highest BCUT2D eigenvalue weighted by Crippen LogP contribution is 2.29. The first-order valence-electron chi connectivity index (χ1n) is 4.65.